The molecular weight excluding hydrogens is 254 g/mol. The minimum atomic E-state index is -1.16. The number of carboxylic acids is 1. The zero-order valence-corrected chi connectivity index (χ0v) is 11.7. The average molecular weight is 272 g/mol. The van der Waals surface area contributed by atoms with Crippen molar-refractivity contribution in [2.75, 3.05) is 0 Å². The van der Waals surface area contributed by atoms with Crippen LogP contribution in [-0.2, 0) is 9.59 Å². The van der Waals surface area contributed by atoms with E-state index in [9.17, 15) is 9.59 Å². The Morgan fingerprint density at radius 3 is 2.11 bits per heavy atom. The average Bonchev–Trinajstić information content (AvgIpc) is 2.15. The first-order chi connectivity index (χ1) is 8.15. The van der Waals surface area contributed by atoms with E-state index in [-0.39, 0.29) is 5.91 Å². The van der Waals surface area contributed by atoms with Gasteiger partial charge in [-0.15, -0.1) is 0 Å². The van der Waals surface area contributed by atoms with Crippen molar-refractivity contribution < 1.29 is 14.7 Å². The quantitative estimate of drug-likeness (QED) is 0.869. The van der Waals surface area contributed by atoms with Crippen molar-refractivity contribution in [1.82, 2.24) is 5.32 Å². The Bertz CT molecular complexity index is 413. The monoisotopic (exact) mass is 271 g/mol. The maximum absolute atomic E-state index is 10.4. The van der Waals surface area contributed by atoms with E-state index in [2.05, 4.69) is 5.32 Å². The van der Waals surface area contributed by atoms with Crippen LogP contribution in [0.3, 0.4) is 0 Å². The van der Waals surface area contributed by atoms with Gasteiger partial charge in [0.15, 0.2) is 0 Å². The topological polar surface area (TPSA) is 66.4 Å². The van der Waals surface area contributed by atoms with Crippen molar-refractivity contribution in [3.63, 3.8) is 0 Å². The summed E-state index contributed by atoms with van der Waals surface area (Å²) >= 11 is 5.64. The van der Waals surface area contributed by atoms with Crippen molar-refractivity contribution in [1.29, 1.82) is 0 Å². The van der Waals surface area contributed by atoms with Gasteiger partial charge in [-0.05, 0) is 38.5 Å². The van der Waals surface area contributed by atoms with Crippen molar-refractivity contribution >= 4 is 23.5 Å². The van der Waals surface area contributed by atoms with Gasteiger partial charge in [0.2, 0.25) is 5.91 Å². The molecule has 1 aromatic rings. The molecule has 0 heterocycles. The van der Waals surface area contributed by atoms with E-state index in [1.807, 2.05) is 31.2 Å². The maximum Gasteiger partial charge on any atom is 0.328 e. The van der Waals surface area contributed by atoms with Crippen LogP contribution >= 0.6 is 11.6 Å². The minimum Gasteiger partial charge on any atom is -0.480 e. The van der Waals surface area contributed by atoms with Crippen molar-refractivity contribution in [2.24, 2.45) is 0 Å². The highest BCUT2D eigenvalue weighted by Crippen LogP contribution is 2.08. The molecule has 1 rings (SSSR count). The highest BCUT2D eigenvalue weighted by Gasteiger charge is 2.27. The number of carbonyl (C=O) groups excluding carboxylic acids is 1. The molecule has 0 radical (unpaired) electrons. The number of hydrogen-bond acceptors (Lipinski definition) is 2. The molecule has 100 valence electrons. The number of nitrogens with one attached hydrogen (secondary N) is 1. The maximum atomic E-state index is 10.4. The third kappa shape index (κ3) is 6.91. The lowest BCUT2D eigenvalue weighted by atomic mass is 10.1. The molecule has 0 unspecified atom stereocenters. The van der Waals surface area contributed by atoms with Crippen LogP contribution < -0.4 is 5.32 Å². The zero-order chi connectivity index (χ0) is 14.3. The van der Waals surface area contributed by atoms with Gasteiger partial charge in [0.05, 0.1) is 0 Å². The molecule has 0 atom stereocenters. The Kier molecular flexibility index (Phi) is 6.41. The van der Waals surface area contributed by atoms with Crippen LogP contribution in [0.2, 0.25) is 5.02 Å². The van der Waals surface area contributed by atoms with E-state index in [1.54, 1.807) is 0 Å². The van der Waals surface area contributed by atoms with Crippen LogP contribution in [-0.4, -0.2) is 22.5 Å². The van der Waals surface area contributed by atoms with Gasteiger partial charge in [-0.2, -0.15) is 0 Å². The second-order valence-electron chi connectivity index (χ2n) is 4.41. The molecule has 0 aliphatic heterocycles. The second kappa shape index (κ2) is 7.01. The van der Waals surface area contributed by atoms with E-state index < -0.39 is 11.5 Å². The lowest BCUT2D eigenvalue weighted by molar-refractivity contribution is -0.145. The van der Waals surface area contributed by atoms with Crippen LogP contribution in [0.4, 0.5) is 0 Å². The predicted molar refractivity (Wildman–Crippen MR) is 71.7 cm³/mol. The molecular formula is C13H18ClNO3. The largest absolute Gasteiger partial charge is 0.480 e. The molecule has 0 aliphatic carbocycles. The van der Waals surface area contributed by atoms with Gasteiger partial charge in [0.25, 0.3) is 0 Å². The summed E-state index contributed by atoms with van der Waals surface area (Å²) in [6.07, 6.45) is 0. The number of aryl methyl sites for hydroxylation is 1. The van der Waals surface area contributed by atoms with Crippen molar-refractivity contribution in [2.45, 2.75) is 33.2 Å². The first-order valence-electron chi connectivity index (χ1n) is 5.39. The molecule has 0 saturated carbocycles. The molecule has 0 bridgehead atoms. The fourth-order valence-corrected chi connectivity index (χ4v) is 1.34. The number of carboxylic acid groups (broad SMARTS) is 1. The molecule has 1 aromatic carbocycles. The Morgan fingerprint density at radius 2 is 1.89 bits per heavy atom. The summed E-state index contributed by atoms with van der Waals surface area (Å²) in [6.45, 7) is 6.16. The van der Waals surface area contributed by atoms with Crippen LogP contribution in [0.15, 0.2) is 24.3 Å². The lowest BCUT2D eigenvalue weighted by Crippen LogP contribution is -2.48. The van der Waals surface area contributed by atoms with Gasteiger partial charge in [-0.25, -0.2) is 4.79 Å². The molecule has 18 heavy (non-hydrogen) atoms. The Hall–Kier alpha value is -1.55. The summed E-state index contributed by atoms with van der Waals surface area (Å²) in [5, 5.41) is 11.6. The summed E-state index contributed by atoms with van der Waals surface area (Å²) in [5.41, 5.74) is 0.0451. The second-order valence-corrected chi connectivity index (χ2v) is 4.85. The molecule has 0 spiro atoms. The molecule has 5 heteroatoms. The van der Waals surface area contributed by atoms with Gasteiger partial charge in [0, 0.05) is 11.9 Å². The number of amides is 1. The fourth-order valence-electron chi connectivity index (χ4n) is 1.10. The van der Waals surface area contributed by atoms with Crippen molar-refractivity contribution in [3.8, 4) is 0 Å². The zero-order valence-electron chi connectivity index (χ0n) is 11.0. The summed E-state index contributed by atoms with van der Waals surface area (Å²) in [5.74, 6) is -1.38. The highest BCUT2D eigenvalue weighted by atomic mass is 35.5. The van der Waals surface area contributed by atoms with Crippen LogP contribution in [0.25, 0.3) is 0 Å². The van der Waals surface area contributed by atoms with Crippen LogP contribution in [0.1, 0.15) is 26.3 Å². The van der Waals surface area contributed by atoms with E-state index in [0.29, 0.717) is 0 Å². The number of benzene rings is 1. The molecule has 4 nitrogen and oxygen atoms in total. The first-order valence-corrected chi connectivity index (χ1v) is 5.77. The highest BCUT2D eigenvalue weighted by molar-refractivity contribution is 6.30. The minimum absolute atomic E-state index is 0.340. The molecule has 0 saturated heterocycles. The normalized spacial score (nSPS) is 10.1. The number of halogens is 1. The van der Waals surface area contributed by atoms with Gasteiger partial charge in [0.1, 0.15) is 5.54 Å². The lowest BCUT2D eigenvalue weighted by Gasteiger charge is -2.19. The standard InChI is InChI=1S/C7H7Cl.C6H11NO3/c1-6-3-2-4-7(8)5-6;1-4(8)7-6(2,3)5(9)10/h2-5H,1H3;1-3H3,(H,7,8)(H,9,10). The van der Waals surface area contributed by atoms with E-state index in [0.717, 1.165) is 5.02 Å². The Balaban J connectivity index is 0.000000327. The summed E-state index contributed by atoms with van der Waals surface area (Å²) in [6, 6.07) is 7.76. The van der Waals surface area contributed by atoms with Crippen LogP contribution in [0, 0.1) is 6.92 Å². The van der Waals surface area contributed by atoms with Gasteiger partial charge in [-0.3, -0.25) is 4.79 Å². The van der Waals surface area contributed by atoms with Crippen molar-refractivity contribution in [3.05, 3.63) is 34.9 Å². The molecule has 0 aliphatic rings. The van der Waals surface area contributed by atoms with Gasteiger partial charge in [-0.1, -0.05) is 23.7 Å². The molecule has 2 N–H and O–H groups in total. The smallest absolute Gasteiger partial charge is 0.328 e. The number of rotatable bonds is 2. The Morgan fingerprint density at radius 1 is 1.33 bits per heavy atom. The van der Waals surface area contributed by atoms with Gasteiger partial charge < -0.3 is 10.4 Å². The summed E-state index contributed by atoms with van der Waals surface area (Å²) < 4.78 is 0. The third-order valence-electron chi connectivity index (χ3n) is 2.00. The molecule has 0 fully saturated rings. The van der Waals surface area contributed by atoms with E-state index in [1.165, 1.54) is 26.3 Å². The summed E-state index contributed by atoms with van der Waals surface area (Å²) in [7, 11) is 0. The molecule has 0 aromatic heterocycles. The number of hydrogen-bond donors (Lipinski definition) is 2. The van der Waals surface area contributed by atoms with E-state index in [4.69, 9.17) is 16.7 Å². The fraction of sp³-hybridized carbons (Fsp3) is 0.385. The molecule has 1 amide bonds. The summed E-state index contributed by atoms with van der Waals surface area (Å²) in [4.78, 5) is 20.7. The SMILES string of the molecule is CC(=O)NC(C)(C)C(=O)O.Cc1cccc(Cl)c1. The van der Waals surface area contributed by atoms with Gasteiger partial charge >= 0.3 is 5.97 Å². The number of aliphatic carboxylic acids is 1. The van der Waals surface area contributed by atoms with Crippen LogP contribution in [0.5, 0.6) is 0 Å². The predicted octanol–water partition coefficient (Wildman–Crippen LogP) is 2.63. The Labute approximate surface area is 112 Å². The van der Waals surface area contributed by atoms with E-state index >= 15 is 0 Å². The number of carbonyl (C=O) groups is 2. The first kappa shape index (κ1) is 16.4. The third-order valence-corrected chi connectivity index (χ3v) is 2.24.